The van der Waals surface area contributed by atoms with E-state index in [4.69, 9.17) is 4.74 Å². The largest absolute Gasteiger partial charge is 0.495 e. The van der Waals surface area contributed by atoms with E-state index in [0.717, 1.165) is 24.5 Å². The van der Waals surface area contributed by atoms with Crippen molar-refractivity contribution < 1.29 is 4.74 Å². The zero-order valence-corrected chi connectivity index (χ0v) is 12.1. The van der Waals surface area contributed by atoms with Gasteiger partial charge in [-0.25, -0.2) is 4.98 Å². The Bertz CT molecular complexity index is 585. The number of methoxy groups -OCH3 is 1. The molecule has 0 aliphatic carbocycles. The first-order valence-electron chi connectivity index (χ1n) is 7.17. The Hall–Kier alpha value is -1.81. The SMILES string of the molecule is COc1ccc(C)cc1-n1cncc1C1CCNCC1. The van der Waals surface area contributed by atoms with Gasteiger partial charge in [0.15, 0.2) is 0 Å². The van der Waals surface area contributed by atoms with Gasteiger partial charge in [0.05, 0.1) is 19.1 Å². The lowest BCUT2D eigenvalue weighted by atomic mass is 9.95. The summed E-state index contributed by atoms with van der Waals surface area (Å²) in [5.41, 5.74) is 3.60. The molecule has 1 fully saturated rings. The molecule has 4 nitrogen and oxygen atoms in total. The van der Waals surface area contributed by atoms with Crippen molar-refractivity contribution in [1.82, 2.24) is 14.9 Å². The van der Waals surface area contributed by atoms with Crippen LogP contribution in [0.5, 0.6) is 5.75 Å². The smallest absolute Gasteiger partial charge is 0.142 e. The molecule has 2 heterocycles. The molecule has 0 bridgehead atoms. The molecular formula is C16H21N3O. The van der Waals surface area contributed by atoms with Crippen LogP contribution in [0.1, 0.15) is 30.0 Å². The van der Waals surface area contributed by atoms with Gasteiger partial charge in [-0.2, -0.15) is 0 Å². The summed E-state index contributed by atoms with van der Waals surface area (Å²) in [7, 11) is 1.72. The molecule has 1 saturated heterocycles. The lowest BCUT2D eigenvalue weighted by Crippen LogP contribution is -2.27. The minimum absolute atomic E-state index is 0.573. The number of hydrogen-bond donors (Lipinski definition) is 1. The number of nitrogens with one attached hydrogen (secondary N) is 1. The Labute approximate surface area is 119 Å². The van der Waals surface area contributed by atoms with E-state index in [1.54, 1.807) is 7.11 Å². The number of aromatic nitrogens is 2. The molecule has 1 aliphatic rings. The molecule has 0 saturated carbocycles. The van der Waals surface area contributed by atoms with Gasteiger partial charge in [-0.3, -0.25) is 4.57 Å². The Morgan fingerprint density at radius 3 is 2.85 bits per heavy atom. The Kier molecular flexibility index (Phi) is 3.74. The highest BCUT2D eigenvalue weighted by molar-refractivity contribution is 5.50. The van der Waals surface area contributed by atoms with Crippen molar-refractivity contribution >= 4 is 0 Å². The average molecular weight is 271 g/mol. The molecule has 3 rings (SSSR count). The molecule has 1 aromatic carbocycles. The van der Waals surface area contributed by atoms with E-state index >= 15 is 0 Å². The molecule has 0 spiro atoms. The minimum Gasteiger partial charge on any atom is -0.495 e. The summed E-state index contributed by atoms with van der Waals surface area (Å²) < 4.78 is 7.69. The quantitative estimate of drug-likeness (QED) is 0.933. The van der Waals surface area contributed by atoms with E-state index in [9.17, 15) is 0 Å². The van der Waals surface area contributed by atoms with Crippen LogP contribution in [0.4, 0.5) is 0 Å². The first-order valence-corrected chi connectivity index (χ1v) is 7.17. The molecule has 1 N–H and O–H groups in total. The van der Waals surface area contributed by atoms with Crippen molar-refractivity contribution in [2.45, 2.75) is 25.7 Å². The molecule has 2 aromatic rings. The maximum absolute atomic E-state index is 5.51. The highest BCUT2D eigenvalue weighted by Gasteiger charge is 2.20. The van der Waals surface area contributed by atoms with Crippen molar-refractivity contribution in [3.8, 4) is 11.4 Å². The third kappa shape index (κ3) is 2.43. The molecule has 0 radical (unpaired) electrons. The Balaban J connectivity index is 2.02. The first-order chi connectivity index (χ1) is 9.79. The maximum Gasteiger partial charge on any atom is 0.142 e. The van der Waals surface area contributed by atoms with Crippen molar-refractivity contribution in [1.29, 1.82) is 0 Å². The van der Waals surface area contributed by atoms with E-state index < -0.39 is 0 Å². The fourth-order valence-corrected chi connectivity index (χ4v) is 2.91. The fourth-order valence-electron chi connectivity index (χ4n) is 2.91. The lowest BCUT2D eigenvalue weighted by molar-refractivity contribution is 0.410. The number of rotatable bonds is 3. The zero-order chi connectivity index (χ0) is 13.9. The van der Waals surface area contributed by atoms with Gasteiger partial charge in [0, 0.05) is 17.8 Å². The number of benzene rings is 1. The van der Waals surface area contributed by atoms with Gasteiger partial charge in [0.2, 0.25) is 0 Å². The molecule has 0 unspecified atom stereocenters. The number of imidazole rings is 1. The first kappa shape index (κ1) is 13.2. The number of nitrogens with zero attached hydrogens (tertiary/aromatic N) is 2. The Morgan fingerprint density at radius 2 is 2.10 bits per heavy atom. The Morgan fingerprint density at radius 1 is 1.30 bits per heavy atom. The van der Waals surface area contributed by atoms with Crippen molar-refractivity contribution in [3.63, 3.8) is 0 Å². The summed E-state index contributed by atoms with van der Waals surface area (Å²) in [6, 6.07) is 6.26. The van der Waals surface area contributed by atoms with E-state index in [-0.39, 0.29) is 0 Å². The molecule has 1 aliphatic heterocycles. The van der Waals surface area contributed by atoms with Gasteiger partial charge < -0.3 is 10.1 Å². The van der Waals surface area contributed by atoms with Gasteiger partial charge in [0.25, 0.3) is 0 Å². The summed E-state index contributed by atoms with van der Waals surface area (Å²) in [6.07, 6.45) is 6.23. The van der Waals surface area contributed by atoms with Crippen LogP contribution in [0.25, 0.3) is 5.69 Å². The minimum atomic E-state index is 0.573. The van der Waals surface area contributed by atoms with Gasteiger partial charge in [-0.05, 0) is 50.6 Å². The van der Waals surface area contributed by atoms with E-state index in [0.29, 0.717) is 5.92 Å². The van der Waals surface area contributed by atoms with Crippen LogP contribution >= 0.6 is 0 Å². The highest BCUT2D eigenvalue weighted by Crippen LogP contribution is 2.31. The summed E-state index contributed by atoms with van der Waals surface area (Å²) in [5, 5.41) is 3.41. The summed E-state index contributed by atoms with van der Waals surface area (Å²) in [6.45, 7) is 4.27. The van der Waals surface area contributed by atoms with Crippen molar-refractivity contribution in [2.24, 2.45) is 0 Å². The van der Waals surface area contributed by atoms with E-state index in [1.165, 1.54) is 24.1 Å². The summed E-state index contributed by atoms with van der Waals surface area (Å²) in [4.78, 5) is 4.37. The lowest BCUT2D eigenvalue weighted by Gasteiger charge is -2.24. The maximum atomic E-state index is 5.51. The predicted molar refractivity (Wildman–Crippen MR) is 79.7 cm³/mol. The van der Waals surface area contributed by atoms with Crippen LogP contribution in [0, 0.1) is 6.92 Å². The van der Waals surface area contributed by atoms with Gasteiger partial charge in [0.1, 0.15) is 5.75 Å². The second-order valence-electron chi connectivity index (χ2n) is 5.39. The third-order valence-corrected chi connectivity index (χ3v) is 4.02. The number of aryl methyl sites for hydroxylation is 1. The zero-order valence-electron chi connectivity index (χ0n) is 12.1. The van der Waals surface area contributed by atoms with Crippen LogP contribution in [-0.2, 0) is 0 Å². The van der Waals surface area contributed by atoms with Crippen LogP contribution in [0.3, 0.4) is 0 Å². The molecular weight excluding hydrogens is 250 g/mol. The third-order valence-electron chi connectivity index (χ3n) is 4.02. The molecule has 4 heteroatoms. The number of ether oxygens (including phenoxy) is 1. The fraction of sp³-hybridized carbons (Fsp3) is 0.438. The van der Waals surface area contributed by atoms with Crippen molar-refractivity contribution in [2.75, 3.05) is 20.2 Å². The number of piperidine rings is 1. The topological polar surface area (TPSA) is 39.1 Å². The van der Waals surface area contributed by atoms with Gasteiger partial charge >= 0.3 is 0 Å². The predicted octanol–water partition coefficient (Wildman–Crippen LogP) is 2.66. The standard InChI is InChI=1S/C16H21N3O/c1-12-3-4-16(20-2)14(9-12)19-11-18-10-15(19)13-5-7-17-8-6-13/h3-4,9-11,13,17H,5-8H2,1-2H3. The van der Waals surface area contributed by atoms with Crippen molar-refractivity contribution in [3.05, 3.63) is 42.0 Å². The summed E-state index contributed by atoms with van der Waals surface area (Å²) >= 11 is 0. The van der Waals surface area contributed by atoms with Crippen LogP contribution in [0.15, 0.2) is 30.7 Å². The second-order valence-corrected chi connectivity index (χ2v) is 5.39. The van der Waals surface area contributed by atoms with Crippen LogP contribution in [0.2, 0.25) is 0 Å². The van der Waals surface area contributed by atoms with E-state index in [1.807, 2.05) is 18.6 Å². The normalized spacial score (nSPS) is 16.3. The highest BCUT2D eigenvalue weighted by atomic mass is 16.5. The molecule has 106 valence electrons. The summed E-state index contributed by atoms with van der Waals surface area (Å²) in [5.74, 6) is 1.47. The number of hydrogen-bond acceptors (Lipinski definition) is 3. The average Bonchev–Trinajstić information content (AvgIpc) is 2.97. The monoisotopic (exact) mass is 271 g/mol. The van der Waals surface area contributed by atoms with Crippen LogP contribution < -0.4 is 10.1 Å². The molecule has 0 atom stereocenters. The van der Waals surface area contributed by atoms with Gasteiger partial charge in [-0.1, -0.05) is 6.07 Å². The van der Waals surface area contributed by atoms with Crippen LogP contribution in [-0.4, -0.2) is 29.8 Å². The molecule has 20 heavy (non-hydrogen) atoms. The second kappa shape index (κ2) is 5.67. The molecule has 1 aromatic heterocycles. The molecule has 0 amide bonds. The van der Waals surface area contributed by atoms with Gasteiger partial charge in [-0.15, -0.1) is 0 Å². The van der Waals surface area contributed by atoms with E-state index in [2.05, 4.69) is 33.9 Å².